The minimum absolute atomic E-state index is 0.0349. The van der Waals surface area contributed by atoms with E-state index >= 15 is 0 Å². The lowest BCUT2D eigenvalue weighted by atomic mass is 10.00. The third kappa shape index (κ3) is 6.33. The molecule has 1 aromatic carbocycles. The van der Waals surface area contributed by atoms with Crippen LogP contribution in [0.1, 0.15) is 35.3 Å². The van der Waals surface area contributed by atoms with Gasteiger partial charge in [0.15, 0.2) is 0 Å². The van der Waals surface area contributed by atoms with Crippen molar-refractivity contribution in [2.75, 3.05) is 47.6 Å². The molecular weight excluding hydrogens is 462 g/mol. The van der Waals surface area contributed by atoms with Crippen LogP contribution in [0, 0.1) is 17.8 Å². The molecule has 9 heteroatoms. The van der Waals surface area contributed by atoms with Crippen LogP contribution in [0.4, 0.5) is 0 Å². The molecule has 2 heterocycles. The van der Waals surface area contributed by atoms with E-state index in [4.69, 9.17) is 14.2 Å². The molecule has 0 bridgehead atoms. The van der Waals surface area contributed by atoms with Gasteiger partial charge in [0.1, 0.15) is 24.0 Å². The molecule has 3 rings (SSSR count). The van der Waals surface area contributed by atoms with Crippen LogP contribution >= 0.6 is 0 Å². The molecule has 1 aliphatic heterocycles. The van der Waals surface area contributed by atoms with E-state index in [0.29, 0.717) is 23.4 Å². The van der Waals surface area contributed by atoms with Gasteiger partial charge < -0.3 is 29.1 Å². The lowest BCUT2D eigenvalue weighted by Gasteiger charge is -2.37. The molecule has 0 radical (unpaired) electrons. The molecule has 1 N–H and O–H groups in total. The van der Waals surface area contributed by atoms with Crippen molar-refractivity contribution in [1.82, 2.24) is 14.8 Å². The normalized spacial score (nSPS) is 18.1. The molecule has 1 aromatic heterocycles. The number of aromatic nitrogens is 1. The fourth-order valence-corrected chi connectivity index (χ4v) is 3.88. The summed E-state index contributed by atoms with van der Waals surface area (Å²) in [5.74, 6) is 6.31. The highest BCUT2D eigenvalue weighted by Crippen LogP contribution is 2.27. The van der Waals surface area contributed by atoms with Crippen molar-refractivity contribution in [2.24, 2.45) is 5.92 Å². The predicted octanol–water partition coefficient (Wildman–Crippen LogP) is 1.81. The number of aliphatic hydroxyl groups excluding tert-OH is 1. The Bertz CT molecular complexity index is 1140. The number of rotatable bonds is 7. The number of amides is 2. The number of ether oxygens (including phenoxy) is 3. The molecule has 9 nitrogen and oxygen atoms in total. The zero-order valence-corrected chi connectivity index (χ0v) is 21.4. The highest BCUT2D eigenvalue weighted by molar-refractivity contribution is 5.97. The molecule has 0 fully saturated rings. The lowest BCUT2D eigenvalue weighted by Crippen LogP contribution is -2.50. The van der Waals surface area contributed by atoms with Gasteiger partial charge in [-0.05, 0) is 25.1 Å². The van der Waals surface area contributed by atoms with Gasteiger partial charge in [0.05, 0.1) is 31.9 Å². The average Bonchev–Trinajstić information content (AvgIpc) is 2.89. The first kappa shape index (κ1) is 27.0. The first-order chi connectivity index (χ1) is 17.3. The number of benzene rings is 1. The monoisotopic (exact) mass is 495 g/mol. The van der Waals surface area contributed by atoms with Crippen LogP contribution in [0.15, 0.2) is 36.5 Å². The summed E-state index contributed by atoms with van der Waals surface area (Å²) in [6.45, 7) is 4.14. The maximum absolute atomic E-state index is 13.5. The van der Waals surface area contributed by atoms with Crippen molar-refractivity contribution in [1.29, 1.82) is 0 Å². The third-order valence-electron chi connectivity index (χ3n) is 6.12. The van der Waals surface area contributed by atoms with Crippen molar-refractivity contribution in [3.05, 3.63) is 53.2 Å². The van der Waals surface area contributed by atoms with Gasteiger partial charge in [-0.1, -0.05) is 30.9 Å². The van der Waals surface area contributed by atoms with Crippen LogP contribution in [0.5, 0.6) is 11.6 Å². The topological polar surface area (TPSA) is 101 Å². The van der Waals surface area contributed by atoms with Crippen LogP contribution in [-0.4, -0.2) is 91.4 Å². The Hall–Kier alpha value is -3.61. The van der Waals surface area contributed by atoms with Crippen LogP contribution < -0.4 is 9.47 Å². The van der Waals surface area contributed by atoms with Crippen LogP contribution in [-0.2, 0) is 9.53 Å². The minimum atomic E-state index is -0.436. The number of hydrogen-bond donors (Lipinski definition) is 1. The first-order valence-electron chi connectivity index (χ1n) is 11.8. The Kier molecular flexibility index (Phi) is 9.28. The summed E-state index contributed by atoms with van der Waals surface area (Å²) in [5, 5.41) is 9.82. The largest absolute Gasteiger partial charge is 0.495 e. The second kappa shape index (κ2) is 12.4. The number of hydrogen-bond acceptors (Lipinski definition) is 7. The molecule has 192 valence electrons. The number of fused-ring (bicyclic) bond motifs is 1. The van der Waals surface area contributed by atoms with Crippen molar-refractivity contribution < 1.29 is 28.9 Å². The van der Waals surface area contributed by atoms with Gasteiger partial charge in [0.2, 0.25) is 11.8 Å². The van der Waals surface area contributed by atoms with E-state index in [2.05, 4.69) is 16.8 Å². The Morgan fingerprint density at radius 2 is 2.08 bits per heavy atom. The van der Waals surface area contributed by atoms with Gasteiger partial charge in [0, 0.05) is 38.4 Å². The van der Waals surface area contributed by atoms with Crippen molar-refractivity contribution in [3.8, 4) is 23.5 Å². The van der Waals surface area contributed by atoms with E-state index in [9.17, 15) is 14.7 Å². The molecule has 2 aromatic rings. The second-order valence-corrected chi connectivity index (χ2v) is 8.86. The zero-order chi connectivity index (χ0) is 26.2. The van der Waals surface area contributed by atoms with Gasteiger partial charge in [-0.25, -0.2) is 4.98 Å². The number of likely N-dealkylation sites (N-methyl/N-ethyl adjacent to an activating group) is 1. The number of para-hydroxylation sites is 1. The molecule has 3 atom stereocenters. The van der Waals surface area contributed by atoms with E-state index in [1.807, 2.05) is 31.2 Å². The van der Waals surface area contributed by atoms with Crippen molar-refractivity contribution in [2.45, 2.75) is 26.0 Å². The number of pyridine rings is 1. The lowest BCUT2D eigenvalue weighted by molar-refractivity contribution is -0.135. The van der Waals surface area contributed by atoms with E-state index < -0.39 is 12.1 Å². The second-order valence-electron chi connectivity index (χ2n) is 8.86. The van der Waals surface area contributed by atoms with E-state index in [1.54, 1.807) is 43.1 Å². The highest BCUT2D eigenvalue weighted by atomic mass is 16.5. The molecule has 0 saturated carbocycles. The standard InChI is InChI=1S/C27H33N3O6/c1-18-14-30(19(2)16-31)27(33)22-12-20(10-11-21-8-6-7-9-23(21)35-5)13-28-26(22)36-24(18)15-29(3)25(32)17-34-4/h6-9,12-13,18-19,24,31H,14-17H2,1-5H3/t18-,19-,24+/m0/s1. The van der Waals surface area contributed by atoms with Crippen molar-refractivity contribution >= 4 is 11.8 Å². The van der Waals surface area contributed by atoms with E-state index in [0.717, 1.165) is 0 Å². The summed E-state index contributed by atoms with van der Waals surface area (Å²) in [4.78, 5) is 33.4. The highest BCUT2D eigenvalue weighted by Gasteiger charge is 2.34. The summed E-state index contributed by atoms with van der Waals surface area (Å²) in [5.41, 5.74) is 1.50. The van der Waals surface area contributed by atoms with Crippen LogP contribution in [0.25, 0.3) is 0 Å². The maximum atomic E-state index is 13.5. The zero-order valence-electron chi connectivity index (χ0n) is 21.4. The predicted molar refractivity (Wildman–Crippen MR) is 134 cm³/mol. The van der Waals surface area contributed by atoms with Gasteiger partial charge in [-0.15, -0.1) is 0 Å². The molecule has 0 aliphatic carbocycles. The summed E-state index contributed by atoms with van der Waals surface area (Å²) >= 11 is 0. The van der Waals surface area contributed by atoms with Gasteiger partial charge in [-0.2, -0.15) is 0 Å². The summed E-state index contributed by atoms with van der Waals surface area (Å²) in [7, 11) is 4.73. The number of aliphatic hydroxyl groups is 1. The van der Waals surface area contributed by atoms with Gasteiger partial charge in [-0.3, -0.25) is 9.59 Å². The number of methoxy groups -OCH3 is 2. The SMILES string of the molecule is COCC(=O)N(C)C[C@H]1Oc2ncc(C#Cc3ccccc3OC)cc2C(=O)N([C@@H](C)CO)C[C@@H]1C. The Balaban J connectivity index is 1.98. The smallest absolute Gasteiger partial charge is 0.259 e. The quantitative estimate of drug-likeness (QED) is 0.585. The first-order valence-corrected chi connectivity index (χ1v) is 11.8. The molecule has 0 unspecified atom stereocenters. The molecule has 0 saturated heterocycles. The maximum Gasteiger partial charge on any atom is 0.259 e. The van der Waals surface area contributed by atoms with Crippen LogP contribution in [0.2, 0.25) is 0 Å². The fraction of sp³-hybridized carbons (Fsp3) is 0.444. The minimum Gasteiger partial charge on any atom is -0.495 e. The molecule has 2 amide bonds. The number of carbonyl (C=O) groups excluding carboxylic acids is 2. The van der Waals surface area contributed by atoms with E-state index in [-0.39, 0.29) is 48.9 Å². The molecular formula is C27H33N3O6. The Labute approximate surface area is 212 Å². The Morgan fingerprint density at radius 1 is 1.33 bits per heavy atom. The van der Waals surface area contributed by atoms with Gasteiger partial charge >= 0.3 is 0 Å². The molecule has 36 heavy (non-hydrogen) atoms. The third-order valence-corrected chi connectivity index (χ3v) is 6.12. The van der Waals surface area contributed by atoms with E-state index in [1.165, 1.54) is 7.11 Å². The van der Waals surface area contributed by atoms with Gasteiger partial charge in [0.25, 0.3) is 5.91 Å². The fourth-order valence-electron chi connectivity index (χ4n) is 3.88. The summed E-state index contributed by atoms with van der Waals surface area (Å²) in [6.07, 6.45) is 1.12. The Morgan fingerprint density at radius 3 is 2.78 bits per heavy atom. The molecule has 0 spiro atoms. The number of carbonyl (C=O) groups is 2. The molecule has 1 aliphatic rings. The summed E-state index contributed by atoms with van der Waals surface area (Å²) < 4.78 is 16.5. The van der Waals surface area contributed by atoms with Crippen LogP contribution in [0.3, 0.4) is 0 Å². The van der Waals surface area contributed by atoms with Crippen molar-refractivity contribution in [3.63, 3.8) is 0 Å². The summed E-state index contributed by atoms with van der Waals surface area (Å²) in [6, 6.07) is 8.64. The number of nitrogens with zero attached hydrogens (tertiary/aromatic N) is 3. The average molecular weight is 496 g/mol.